The standard InChI is InChI=1S/C18H20N6S/c19-7-10-1-3-13-15(5-10)25-18-16(13)17(22-9-23-18)24-12-2-4-14(21)11(6-12)8-20/h2,4,6,8-10,20H,1,3,5,7,19,21H2,(H,22,23,24). The van der Waals surface area contributed by atoms with Crippen LogP contribution in [0.4, 0.5) is 17.2 Å². The zero-order valence-corrected chi connectivity index (χ0v) is 14.6. The molecule has 128 valence electrons. The van der Waals surface area contributed by atoms with Gasteiger partial charge in [0, 0.05) is 28.0 Å². The zero-order chi connectivity index (χ0) is 17.4. The van der Waals surface area contributed by atoms with Crippen LogP contribution in [0.1, 0.15) is 22.4 Å². The average Bonchev–Trinajstić information content (AvgIpc) is 3.01. The second-order valence-corrected chi connectivity index (χ2v) is 7.45. The molecule has 0 aliphatic heterocycles. The van der Waals surface area contributed by atoms with Gasteiger partial charge in [0.1, 0.15) is 17.0 Å². The number of nitrogens with two attached hydrogens (primary N) is 2. The molecule has 25 heavy (non-hydrogen) atoms. The van der Waals surface area contributed by atoms with Crippen LogP contribution in [-0.4, -0.2) is 22.7 Å². The molecule has 0 saturated carbocycles. The van der Waals surface area contributed by atoms with E-state index in [1.165, 1.54) is 16.7 Å². The van der Waals surface area contributed by atoms with Crippen LogP contribution in [0.5, 0.6) is 0 Å². The molecule has 0 bridgehead atoms. The molecule has 2 aromatic heterocycles. The average molecular weight is 352 g/mol. The van der Waals surface area contributed by atoms with Gasteiger partial charge >= 0.3 is 0 Å². The van der Waals surface area contributed by atoms with E-state index >= 15 is 0 Å². The predicted octanol–water partition coefficient (Wildman–Crippen LogP) is 3.08. The minimum Gasteiger partial charge on any atom is -0.398 e. The summed E-state index contributed by atoms with van der Waals surface area (Å²) >= 11 is 1.75. The van der Waals surface area contributed by atoms with Gasteiger partial charge in [-0.05, 0) is 55.5 Å². The Bertz CT molecular complexity index is 948. The topological polar surface area (TPSA) is 114 Å². The Labute approximate surface area is 149 Å². The molecule has 0 fully saturated rings. The summed E-state index contributed by atoms with van der Waals surface area (Å²) in [6, 6.07) is 5.56. The minimum absolute atomic E-state index is 0.567. The number of anilines is 3. The van der Waals surface area contributed by atoms with Gasteiger partial charge in [0.15, 0.2) is 0 Å². The van der Waals surface area contributed by atoms with Crippen LogP contribution < -0.4 is 16.8 Å². The minimum atomic E-state index is 0.567. The Morgan fingerprint density at radius 2 is 2.24 bits per heavy atom. The fourth-order valence-corrected chi connectivity index (χ4v) is 4.69. The van der Waals surface area contributed by atoms with Gasteiger partial charge in [-0.15, -0.1) is 11.3 Å². The van der Waals surface area contributed by atoms with Crippen LogP contribution >= 0.6 is 11.3 Å². The molecule has 1 unspecified atom stereocenters. The maximum absolute atomic E-state index is 7.46. The van der Waals surface area contributed by atoms with Crippen molar-refractivity contribution in [2.45, 2.75) is 19.3 Å². The van der Waals surface area contributed by atoms with Crippen LogP contribution in [0.3, 0.4) is 0 Å². The van der Waals surface area contributed by atoms with Gasteiger partial charge in [-0.1, -0.05) is 0 Å². The predicted molar refractivity (Wildman–Crippen MR) is 104 cm³/mol. The summed E-state index contributed by atoms with van der Waals surface area (Å²) in [6.07, 6.45) is 6.03. The summed E-state index contributed by atoms with van der Waals surface area (Å²) in [5.41, 5.74) is 15.2. The van der Waals surface area contributed by atoms with Crippen molar-refractivity contribution in [2.24, 2.45) is 11.7 Å². The number of benzene rings is 1. The van der Waals surface area contributed by atoms with Crippen molar-refractivity contribution in [3.8, 4) is 0 Å². The van der Waals surface area contributed by atoms with Crippen LogP contribution in [0, 0.1) is 11.3 Å². The summed E-state index contributed by atoms with van der Waals surface area (Å²) in [7, 11) is 0. The Hall–Kier alpha value is -2.51. The number of thiophene rings is 1. The second-order valence-electron chi connectivity index (χ2n) is 6.36. The van der Waals surface area contributed by atoms with E-state index in [0.29, 0.717) is 17.2 Å². The third-order valence-electron chi connectivity index (χ3n) is 4.79. The van der Waals surface area contributed by atoms with E-state index in [4.69, 9.17) is 16.9 Å². The second kappa shape index (κ2) is 6.42. The number of nitrogen functional groups attached to an aromatic ring is 1. The molecule has 1 aliphatic rings. The van der Waals surface area contributed by atoms with Gasteiger partial charge in [0.05, 0.1) is 5.39 Å². The maximum Gasteiger partial charge on any atom is 0.142 e. The molecular weight excluding hydrogens is 332 g/mol. The van der Waals surface area contributed by atoms with Crippen LogP contribution in [0.25, 0.3) is 10.2 Å². The summed E-state index contributed by atoms with van der Waals surface area (Å²) in [4.78, 5) is 11.3. The van der Waals surface area contributed by atoms with Gasteiger partial charge in [0.2, 0.25) is 0 Å². The molecule has 1 aliphatic carbocycles. The Morgan fingerprint density at radius 1 is 1.36 bits per heavy atom. The molecule has 6 nitrogen and oxygen atoms in total. The molecule has 0 spiro atoms. The van der Waals surface area contributed by atoms with Crippen molar-refractivity contribution in [1.82, 2.24) is 9.97 Å². The fourth-order valence-electron chi connectivity index (χ4n) is 3.39. The molecule has 0 amide bonds. The first-order valence-electron chi connectivity index (χ1n) is 8.32. The molecule has 4 rings (SSSR count). The molecular formula is C18H20N6S. The van der Waals surface area contributed by atoms with Crippen molar-refractivity contribution in [3.63, 3.8) is 0 Å². The fraction of sp³-hybridized carbons (Fsp3) is 0.278. The van der Waals surface area contributed by atoms with Crippen LogP contribution in [0.15, 0.2) is 24.5 Å². The molecule has 1 aromatic carbocycles. The first-order valence-corrected chi connectivity index (χ1v) is 9.13. The van der Waals surface area contributed by atoms with Gasteiger partial charge in [-0.2, -0.15) is 0 Å². The summed E-state index contributed by atoms with van der Waals surface area (Å²) < 4.78 is 0. The van der Waals surface area contributed by atoms with E-state index in [2.05, 4.69) is 15.3 Å². The number of aryl methyl sites for hydroxylation is 1. The molecule has 3 aromatic rings. The summed E-state index contributed by atoms with van der Waals surface area (Å²) in [5, 5.41) is 12.0. The first-order chi connectivity index (χ1) is 12.2. The number of fused-ring (bicyclic) bond motifs is 3. The normalized spacial score (nSPS) is 16.6. The lowest BCUT2D eigenvalue weighted by molar-refractivity contribution is 0.476. The SMILES string of the molecule is N=Cc1cc(Nc2ncnc3sc4c(c23)CCC(CN)C4)ccc1N. The van der Waals surface area contributed by atoms with E-state index in [0.717, 1.165) is 47.5 Å². The zero-order valence-electron chi connectivity index (χ0n) is 13.7. The van der Waals surface area contributed by atoms with E-state index in [1.54, 1.807) is 23.7 Å². The quantitative estimate of drug-likeness (QED) is 0.426. The number of aromatic nitrogens is 2. The molecule has 2 heterocycles. The lowest BCUT2D eigenvalue weighted by atomic mass is 9.88. The van der Waals surface area contributed by atoms with Crippen molar-refractivity contribution >= 4 is 45.0 Å². The van der Waals surface area contributed by atoms with E-state index < -0.39 is 0 Å². The number of hydrogen-bond acceptors (Lipinski definition) is 7. The summed E-state index contributed by atoms with van der Waals surface area (Å²) in [6.45, 7) is 0.738. The third-order valence-corrected chi connectivity index (χ3v) is 5.95. The highest BCUT2D eigenvalue weighted by atomic mass is 32.1. The largest absolute Gasteiger partial charge is 0.398 e. The smallest absolute Gasteiger partial charge is 0.142 e. The molecule has 7 heteroatoms. The highest BCUT2D eigenvalue weighted by molar-refractivity contribution is 7.19. The van der Waals surface area contributed by atoms with Gasteiger partial charge < -0.3 is 22.2 Å². The van der Waals surface area contributed by atoms with Crippen molar-refractivity contribution in [1.29, 1.82) is 5.41 Å². The van der Waals surface area contributed by atoms with Crippen LogP contribution in [-0.2, 0) is 12.8 Å². The lowest BCUT2D eigenvalue weighted by Gasteiger charge is -2.20. The van der Waals surface area contributed by atoms with Crippen LogP contribution in [0.2, 0.25) is 0 Å². The number of rotatable bonds is 4. The summed E-state index contributed by atoms with van der Waals surface area (Å²) in [5.74, 6) is 1.38. The van der Waals surface area contributed by atoms with E-state index in [9.17, 15) is 0 Å². The van der Waals surface area contributed by atoms with E-state index in [1.807, 2.05) is 12.1 Å². The molecule has 0 saturated heterocycles. The number of nitrogens with zero attached hydrogens (tertiary/aromatic N) is 2. The number of hydrogen-bond donors (Lipinski definition) is 4. The van der Waals surface area contributed by atoms with Gasteiger partial charge in [0.25, 0.3) is 0 Å². The van der Waals surface area contributed by atoms with E-state index in [-0.39, 0.29) is 0 Å². The monoisotopic (exact) mass is 352 g/mol. The highest BCUT2D eigenvalue weighted by Crippen LogP contribution is 2.40. The first kappa shape index (κ1) is 16.0. The van der Waals surface area contributed by atoms with Gasteiger partial charge in [-0.3, -0.25) is 0 Å². The van der Waals surface area contributed by atoms with Crippen molar-refractivity contribution in [2.75, 3.05) is 17.6 Å². The van der Waals surface area contributed by atoms with Crippen molar-refractivity contribution in [3.05, 3.63) is 40.5 Å². The maximum atomic E-state index is 7.46. The Morgan fingerprint density at radius 3 is 3.04 bits per heavy atom. The molecule has 1 atom stereocenters. The Balaban J connectivity index is 1.75. The number of nitrogens with one attached hydrogen (secondary N) is 2. The highest BCUT2D eigenvalue weighted by Gasteiger charge is 2.24. The van der Waals surface area contributed by atoms with Crippen molar-refractivity contribution < 1.29 is 0 Å². The van der Waals surface area contributed by atoms with Gasteiger partial charge in [-0.25, -0.2) is 9.97 Å². The molecule has 6 N–H and O–H groups in total. The lowest BCUT2D eigenvalue weighted by Crippen LogP contribution is -2.21. The third kappa shape index (κ3) is 2.85. The Kier molecular flexibility index (Phi) is 4.10. The molecule has 0 radical (unpaired) electrons.